The van der Waals surface area contributed by atoms with Crippen molar-refractivity contribution in [3.05, 3.63) is 83.9 Å². The van der Waals surface area contributed by atoms with E-state index in [4.69, 9.17) is 22.4 Å². The minimum Gasteiger partial charge on any atom is -0.395 e. The highest BCUT2D eigenvalue weighted by atomic mass is 31.3. The highest BCUT2D eigenvalue weighted by Gasteiger charge is 2.47. The van der Waals surface area contributed by atoms with Crippen LogP contribution in [0.5, 0.6) is 23.0 Å². The molecule has 0 atom stereocenters. The van der Waals surface area contributed by atoms with Crippen LogP contribution in [0.3, 0.4) is 0 Å². The van der Waals surface area contributed by atoms with Crippen molar-refractivity contribution >= 4 is 15.6 Å². The fourth-order valence-electron chi connectivity index (χ4n) is 2.53. The van der Waals surface area contributed by atoms with E-state index in [0.29, 0.717) is 0 Å². The van der Waals surface area contributed by atoms with Gasteiger partial charge in [0, 0.05) is 6.07 Å². The van der Waals surface area contributed by atoms with E-state index in [0.717, 1.165) is 11.1 Å². The van der Waals surface area contributed by atoms with Gasteiger partial charge in [-0.2, -0.15) is 0 Å². The van der Waals surface area contributed by atoms with Gasteiger partial charge in [0.15, 0.2) is 0 Å². The van der Waals surface area contributed by atoms with Crippen LogP contribution in [0, 0.1) is 13.8 Å². The molecule has 1 aliphatic rings. The van der Waals surface area contributed by atoms with E-state index >= 15 is 0 Å². The van der Waals surface area contributed by atoms with Crippen molar-refractivity contribution in [3.63, 3.8) is 0 Å². The van der Waals surface area contributed by atoms with Gasteiger partial charge < -0.3 is 18.1 Å². The zero-order valence-corrected chi connectivity index (χ0v) is 17.5. The van der Waals surface area contributed by atoms with Crippen molar-refractivity contribution in [1.29, 1.82) is 0 Å². The summed E-state index contributed by atoms with van der Waals surface area (Å²) in [5.74, 6) is 0.949. The Bertz CT molecular complexity index is 1030. The van der Waals surface area contributed by atoms with Crippen LogP contribution in [0.25, 0.3) is 0 Å². The van der Waals surface area contributed by atoms with Crippen molar-refractivity contribution in [2.75, 3.05) is 0 Å². The van der Waals surface area contributed by atoms with Crippen molar-refractivity contribution < 1.29 is 31.5 Å². The number of aryl methyl sites for hydroxylation is 2. The lowest BCUT2D eigenvalue weighted by molar-refractivity contribution is 0.238. The van der Waals surface area contributed by atoms with Gasteiger partial charge in [-0.3, -0.25) is 0 Å². The van der Waals surface area contributed by atoms with Gasteiger partial charge in [-0.1, -0.05) is 41.5 Å². The van der Waals surface area contributed by atoms with Gasteiger partial charge >= 0.3 is 15.6 Å². The molecule has 0 aliphatic carbocycles. The topological polar surface area (TPSA) is 80.3 Å². The van der Waals surface area contributed by atoms with Crippen molar-refractivity contribution in [2.24, 2.45) is 0 Å². The summed E-state index contributed by atoms with van der Waals surface area (Å²) < 4.78 is 53.3. The minimum absolute atomic E-state index is 0.216. The molecule has 29 heavy (non-hydrogen) atoms. The van der Waals surface area contributed by atoms with Crippen LogP contribution >= 0.6 is 15.6 Å². The number of rotatable bonds is 6. The Morgan fingerprint density at radius 2 is 1.21 bits per heavy atom. The van der Waals surface area contributed by atoms with Crippen LogP contribution in [0.4, 0.5) is 0 Å². The van der Waals surface area contributed by atoms with Gasteiger partial charge in [-0.15, -0.1) is 4.31 Å². The molecule has 2 bridgehead atoms. The maximum absolute atomic E-state index is 13.5. The molecule has 0 spiro atoms. The maximum atomic E-state index is 13.5. The first-order valence-corrected chi connectivity index (χ1v) is 11.7. The lowest BCUT2D eigenvalue weighted by Crippen LogP contribution is -2.12. The Hall–Kier alpha value is -2.72. The van der Waals surface area contributed by atoms with Gasteiger partial charge in [0.05, 0.1) is 0 Å². The van der Waals surface area contributed by atoms with E-state index in [1.165, 1.54) is 6.07 Å². The SMILES string of the molecule is Cc1ccc(OP(=O)(Oc2ccc(C)cc2)OP2(=O)Oc3cccc(c3)O2)cc1. The minimum atomic E-state index is -4.46. The molecule has 0 saturated carbocycles. The summed E-state index contributed by atoms with van der Waals surface area (Å²) in [5, 5.41) is 0. The van der Waals surface area contributed by atoms with E-state index in [2.05, 4.69) is 0 Å². The van der Waals surface area contributed by atoms with E-state index in [9.17, 15) is 9.13 Å². The Kier molecular flexibility index (Phi) is 5.13. The van der Waals surface area contributed by atoms with Crippen LogP contribution in [0.15, 0.2) is 72.8 Å². The fourth-order valence-corrected chi connectivity index (χ4v) is 5.62. The predicted molar refractivity (Wildman–Crippen MR) is 108 cm³/mol. The van der Waals surface area contributed by atoms with Gasteiger partial charge in [0.2, 0.25) is 0 Å². The second kappa shape index (κ2) is 7.60. The quantitative estimate of drug-likeness (QED) is 0.413. The zero-order valence-electron chi connectivity index (χ0n) is 15.7. The van der Waals surface area contributed by atoms with Crippen LogP contribution in [0.1, 0.15) is 11.1 Å². The Balaban J connectivity index is 1.63. The summed E-state index contributed by atoms with van der Waals surface area (Å²) in [7, 11) is -8.76. The van der Waals surface area contributed by atoms with Crippen LogP contribution in [0.2, 0.25) is 0 Å². The molecule has 4 rings (SSSR count). The predicted octanol–water partition coefficient (Wildman–Crippen LogP) is 6.47. The number of hydrogen-bond donors (Lipinski definition) is 0. The normalized spacial score (nSPS) is 14.4. The van der Waals surface area contributed by atoms with E-state index in [1.54, 1.807) is 66.7 Å². The molecule has 0 unspecified atom stereocenters. The highest BCUT2D eigenvalue weighted by molar-refractivity contribution is 7.63. The molecule has 0 fully saturated rings. The Morgan fingerprint density at radius 1 is 0.759 bits per heavy atom. The highest BCUT2D eigenvalue weighted by Crippen LogP contribution is 2.66. The third kappa shape index (κ3) is 4.83. The molecule has 150 valence electrons. The number of fused-ring (bicyclic) bond motifs is 2. The summed E-state index contributed by atoms with van der Waals surface area (Å²) in [6.07, 6.45) is 0. The third-order valence-electron chi connectivity index (χ3n) is 3.92. The first-order valence-electron chi connectivity index (χ1n) is 8.74. The molecule has 0 amide bonds. The first-order chi connectivity index (χ1) is 13.8. The summed E-state index contributed by atoms with van der Waals surface area (Å²) in [6, 6.07) is 19.8. The molecule has 1 heterocycles. The molecule has 0 aromatic heterocycles. The van der Waals surface area contributed by atoms with Gasteiger partial charge in [0.1, 0.15) is 23.0 Å². The third-order valence-corrected chi connectivity index (χ3v) is 7.25. The molecule has 0 N–H and O–H groups in total. The summed E-state index contributed by atoms with van der Waals surface area (Å²) in [5.41, 5.74) is 1.97. The number of hydrogen-bond acceptors (Lipinski definition) is 7. The molecular weight excluding hydrogens is 414 g/mol. The van der Waals surface area contributed by atoms with Crippen LogP contribution in [-0.4, -0.2) is 0 Å². The van der Waals surface area contributed by atoms with Gasteiger partial charge in [-0.25, -0.2) is 9.13 Å². The van der Waals surface area contributed by atoms with Crippen molar-refractivity contribution in [2.45, 2.75) is 13.8 Å². The second-order valence-electron chi connectivity index (χ2n) is 6.44. The van der Waals surface area contributed by atoms with Crippen LogP contribution in [-0.2, 0) is 13.4 Å². The number of phosphoric acid groups is 2. The molecular formula is C20H18O7P2. The Labute approximate surface area is 168 Å². The molecule has 0 radical (unpaired) electrons. The zero-order chi connectivity index (χ0) is 20.5. The molecule has 0 saturated heterocycles. The molecule has 3 aromatic rings. The van der Waals surface area contributed by atoms with E-state index in [1.807, 2.05) is 13.8 Å². The summed E-state index contributed by atoms with van der Waals surface area (Å²) in [4.78, 5) is 0. The lowest BCUT2D eigenvalue weighted by Gasteiger charge is -2.26. The second-order valence-corrected chi connectivity index (χ2v) is 9.61. The lowest BCUT2D eigenvalue weighted by atomic mass is 10.2. The van der Waals surface area contributed by atoms with Gasteiger partial charge in [-0.05, 0) is 50.2 Å². The summed E-state index contributed by atoms with van der Waals surface area (Å²) >= 11 is 0. The van der Waals surface area contributed by atoms with Gasteiger partial charge in [0.25, 0.3) is 0 Å². The fraction of sp³-hybridized carbons (Fsp3) is 0.100. The average molecular weight is 432 g/mol. The monoisotopic (exact) mass is 432 g/mol. The molecule has 3 aromatic carbocycles. The van der Waals surface area contributed by atoms with E-state index < -0.39 is 15.6 Å². The van der Waals surface area contributed by atoms with Crippen LogP contribution < -0.4 is 18.1 Å². The molecule has 7 nitrogen and oxygen atoms in total. The standard InChI is InChI=1S/C20H18O7P2/c1-15-6-10-17(11-7-15)23-28(21,24-18-12-8-16(2)9-13-18)27-29(22)25-19-4-3-5-20(14-19)26-29/h3-14H,1-2H3. The number of phosphoric ester groups is 2. The smallest absolute Gasteiger partial charge is 0.395 e. The molecule has 9 heteroatoms. The van der Waals surface area contributed by atoms with Crippen molar-refractivity contribution in [3.8, 4) is 23.0 Å². The maximum Gasteiger partial charge on any atom is 0.598 e. The molecule has 1 aliphatic heterocycles. The Morgan fingerprint density at radius 3 is 1.66 bits per heavy atom. The van der Waals surface area contributed by atoms with Crippen molar-refractivity contribution in [1.82, 2.24) is 0 Å². The largest absolute Gasteiger partial charge is 0.598 e. The average Bonchev–Trinajstić information content (AvgIpc) is 2.64. The number of benzene rings is 3. The first kappa shape index (κ1) is 19.6. The summed E-state index contributed by atoms with van der Waals surface area (Å²) in [6.45, 7) is 3.80. The van der Waals surface area contributed by atoms with E-state index in [-0.39, 0.29) is 23.0 Å².